The number of hydrogen-bond acceptors (Lipinski definition) is 5. The predicted molar refractivity (Wildman–Crippen MR) is 64.2 cm³/mol. The molecule has 0 fully saturated rings. The quantitative estimate of drug-likeness (QED) is 0.891. The zero-order valence-electron chi connectivity index (χ0n) is 8.78. The van der Waals surface area contributed by atoms with Gasteiger partial charge in [0.1, 0.15) is 5.01 Å². The van der Waals surface area contributed by atoms with Crippen molar-refractivity contribution in [1.29, 1.82) is 0 Å². The fraction of sp³-hybridized carbons (Fsp3) is 0.400. The third-order valence-corrected chi connectivity index (χ3v) is 3.97. The topological polar surface area (TPSA) is 37.8 Å². The molecule has 0 spiro atoms. The van der Waals surface area contributed by atoms with Crippen LogP contribution < -0.4 is 5.32 Å². The first kappa shape index (κ1) is 10.7. The molecule has 0 amide bonds. The highest BCUT2D eigenvalue weighted by molar-refractivity contribution is 7.10. The Morgan fingerprint density at radius 2 is 2.13 bits per heavy atom. The van der Waals surface area contributed by atoms with Crippen LogP contribution in [0.3, 0.4) is 0 Å². The molecule has 0 saturated heterocycles. The van der Waals surface area contributed by atoms with Gasteiger partial charge in [0.25, 0.3) is 0 Å². The van der Waals surface area contributed by atoms with Crippen molar-refractivity contribution in [2.45, 2.75) is 26.9 Å². The minimum absolute atomic E-state index is 0.843. The van der Waals surface area contributed by atoms with Crippen LogP contribution in [0.2, 0.25) is 0 Å². The monoisotopic (exact) mass is 239 g/mol. The Labute approximate surface area is 97.2 Å². The van der Waals surface area contributed by atoms with Gasteiger partial charge in [-0.05, 0) is 13.8 Å². The number of aryl methyl sites for hydroxylation is 2. The van der Waals surface area contributed by atoms with Crippen LogP contribution >= 0.6 is 22.7 Å². The highest BCUT2D eigenvalue weighted by Crippen LogP contribution is 2.12. The summed E-state index contributed by atoms with van der Waals surface area (Å²) in [4.78, 5) is 9.92. The molecule has 80 valence electrons. The predicted octanol–water partition coefficient (Wildman–Crippen LogP) is 2.51. The van der Waals surface area contributed by atoms with Crippen LogP contribution in [0.5, 0.6) is 0 Å². The van der Waals surface area contributed by atoms with Crippen LogP contribution in [0.1, 0.15) is 21.3 Å². The fourth-order valence-corrected chi connectivity index (χ4v) is 2.75. The molecule has 0 unspecified atom stereocenters. The molecule has 0 aliphatic rings. The summed E-state index contributed by atoms with van der Waals surface area (Å²) in [5, 5.41) is 6.60. The number of thiazole rings is 2. The SMILES string of the molecule is Cc1csc(CNCc2scnc2C)n1. The van der Waals surface area contributed by atoms with Crippen molar-refractivity contribution in [3.63, 3.8) is 0 Å². The first-order valence-corrected chi connectivity index (χ1v) is 6.52. The van der Waals surface area contributed by atoms with Gasteiger partial charge in [0.2, 0.25) is 0 Å². The summed E-state index contributed by atoms with van der Waals surface area (Å²) in [6.07, 6.45) is 0. The molecule has 0 aliphatic heterocycles. The van der Waals surface area contributed by atoms with Crippen molar-refractivity contribution in [3.05, 3.63) is 32.2 Å². The summed E-state index contributed by atoms with van der Waals surface area (Å²) in [5.74, 6) is 0. The molecule has 15 heavy (non-hydrogen) atoms. The van der Waals surface area contributed by atoms with E-state index in [4.69, 9.17) is 0 Å². The van der Waals surface area contributed by atoms with Crippen molar-refractivity contribution >= 4 is 22.7 Å². The fourth-order valence-electron chi connectivity index (χ4n) is 1.26. The second-order valence-electron chi connectivity index (χ2n) is 3.35. The average Bonchev–Trinajstić information content (AvgIpc) is 2.77. The van der Waals surface area contributed by atoms with Gasteiger partial charge in [-0.1, -0.05) is 0 Å². The number of hydrogen-bond donors (Lipinski definition) is 1. The first-order chi connectivity index (χ1) is 7.25. The Morgan fingerprint density at radius 1 is 1.27 bits per heavy atom. The lowest BCUT2D eigenvalue weighted by Gasteiger charge is -2.00. The van der Waals surface area contributed by atoms with Gasteiger partial charge in [0.15, 0.2) is 0 Å². The second kappa shape index (κ2) is 4.83. The summed E-state index contributed by atoms with van der Waals surface area (Å²) in [5.41, 5.74) is 4.12. The second-order valence-corrected chi connectivity index (χ2v) is 5.23. The molecule has 0 atom stereocenters. The maximum absolute atomic E-state index is 4.40. The molecule has 0 saturated carbocycles. The zero-order valence-corrected chi connectivity index (χ0v) is 10.4. The summed E-state index contributed by atoms with van der Waals surface area (Å²) < 4.78 is 0. The third kappa shape index (κ3) is 2.84. The third-order valence-electron chi connectivity index (χ3n) is 2.07. The molecule has 0 aliphatic carbocycles. The number of nitrogens with zero attached hydrogens (tertiary/aromatic N) is 2. The molecule has 3 nitrogen and oxygen atoms in total. The van der Waals surface area contributed by atoms with Crippen molar-refractivity contribution < 1.29 is 0 Å². The summed E-state index contributed by atoms with van der Waals surface area (Å²) in [6.45, 7) is 5.79. The van der Waals surface area contributed by atoms with Crippen LogP contribution in [0.25, 0.3) is 0 Å². The Hall–Kier alpha value is -0.780. The van der Waals surface area contributed by atoms with Crippen molar-refractivity contribution in [2.24, 2.45) is 0 Å². The largest absolute Gasteiger partial charge is 0.305 e. The van der Waals surface area contributed by atoms with Gasteiger partial charge < -0.3 is 5.32 Å². The van der Waals surface area contributed by atoms with E-state index in [1.54, 1.807) is 22.7 Å². The maximum Gasteiger partial charge on any atom is 0.107 e. The molecule has 1 N–H and O–H groups in total. The molecule has 5 heteroatoms. The number of rotatable bonds is 4. The van der Waals surface area contributed by atoms with Gasteiger partial charge in [-0.15, -0.1) is 22.7 Å². The highest BCUT2D eigenvalue weighted by atomic mass is 32.1. The minimum Gasteiger partial charge on any atom is -0.305 e. The normalized spacial score (nSPS) is 10.8. The molecule has 2 aromatic heterocycles. The average molecular weight is 239 g/mol. The number of nitrogens with one attached hydrogen (secondary N) is 1. The Kier molecular flexibility index (Phi) is 3.45. The molecule has 2 aromatic rings. The number of aromatic nitrogens is 2. The lowest BCUT2D eigenvalue weighted by Crippen LogP contribution is -2.12. The van der Waals surface area contributed by atoms with Crippen LogP contribution in [0.15, 0.2) is 10.9 Å². The van der Waals surface area contributed by atoms with E-state index < -0.39 is 0 Å². The Morgan fingerprint density at radius 3 is 2.73 bits per heavy atom. The summed E-state index contributed by atoms with van der Waals surface area (Å²) in [7, 11) is 0. The van der Waals surface area contributed by atoms with E-state index in [1.165, 1.54) is 4.88 Å². The summed E-state index contributed by atoms with van der Waals surface area (Å²) in [6, 6.07) is 0. The van der Waals surface area contributed by atoms with E-state index in [0.717, 1.165) is 29.5 Å². The molecule has 0 aromatic carbocycles. The van der Waals surface area contributed by atoms with Crippen LogP contribution in [0.4, 0.5) is 0 Å². The summed E-state index contributed by atoms with van der Waals surface area (Å²) >= 11 is 3.40. The van der Waals surface area contributed by atoms with Crippen molar-refractivity contribution in [2.75, 3.05) is 0 Å². The molecular formula is C10H13N3S2. The zero-order chi connectivity index (χ0) is 10.7. The van der Waals surface area contributed by atoms with Crippen LogP contribution in [-0.2, 0) is 13.1 Å². The lowest BCUT2D eigenvalue weighted by molar-refractivity contribution is 0.692. The molecule has 0 bridgehead atoms. The van der Waals surface area contributed by atoms with Gasteiger partial charge in [-0.3, -0.25) is 0 Å². The lowest BCUT2D eigenvalue weighted by atomic mass is 10.4. The maximum atomic E-state index is 4.40. The molecule has 2 rings (SSSR count). The van der Waals surface area contributed by atoms with Gasteiger partial charge in [0.05, 0.1) is 11.2 Å². The minimum atomic E-state index is 0.843. The van der Waals surface area contributed by atoms with Gasteiger partial charge in [-0.2, -0.15) is 0 Å². The van der Waals surface area contributed by atoms with Gasteiger partial charge in [0, 0.05) is 29.0 Å². The van der Waals surface area contributed by atoms with Crippen LogP contribution in [0, 0.1) is 13.8 Å². The van der Waals surface area contributed by atoms with Gasteiger partial charge >= 0.3 is 0 Å². The van der Waals surface area contributed by atoms with E-state index in [1.807, 2.05) is 19.4 Å². The Bertz CT molecular complexity index is 433. The molecule has 0 radical (unpaired) electrons. The molecular weight excluding hydrogens is 226 g/mol. The smallest absolute Gasteiger partial charge is 0.107 e. The first-order valence-electron chi connectivity index (χ1n) is 4.76. The van der Waals surface area contributed by atoms with E-state index in [9.17, 15) is 0 Å². The van der Waals surface area contributed by atoms with Gasteiger partial charge in [-0.25, -0.2) is 9.97 Å². The van der Waals surface area contributed by atoms with Crippen molar-refractivity contribution in [1.82, 2.24) is 15.3 Å². The van der Waals surface area contributed by atoms with E-state index in [2.05, 4.69) is 20.7 Å². The van der Waals surface area contributed by atoms with E-state index >= 15 is 0 Å². The standard InChI is InChI=1S/C10H13N3S2/c1-7-5-14-10(13-7)4-11-3-9-8(2)12-6-15-9/h5-6,11H,3-4H2,1-2H3. The highest BCUT2D eigenvalue weighted by Gasteiger charge is 2.02. The van der Waals surface area contributed by atoms with E-state index in [0.29, 0.717) is 0 Å². The Balaban J connectivity index is 1.83. The van der Waals surface area contributed by atoms with Crippen LogP contribution in [-0.4, -0.2) is 9.97 Å². The van der Waals surface area contributed by atoms with Crippen molar-refractivity contribution in [3.8, 4) is 0 Å². The van der Waals surface area contributed by atoms with E-state index in [-0.39, 0.29) is 0 Å². The molecule has 2 heterocycles.